The van der Waals surface area contributed by atoms with Crippen molar-refractivity contribution in [1.82, 2.24) is 4.90 Å². The fourth-order valence-electron chi connectivity index (χ4n) is 5.66. The fourth-order valence-corrected chi connectivity index (χ4v) is 5.66. The van der Waals surface area contributed by atoms with Crippen LogP contribution in [0, 0.1) is 0 Å². The highest BCUT2D eigenvalue weighted by atomic mass is 16.7. The Balaban J connectivity index is 1.31. The molecule has 4 aromatic carbocycles. The maximum absolute atomic E-state index is 12.2. The Labute approximate surface area is 266 Å². The molecule has 45 heavy (non-hydrogen) atoms. The van der Waals surface area contributed by atoms with Crippen molar-refractivity contribution in [1.29, 1.82) is 0 Å². The lowest BCUT2D eigenvalue weighted by atomic mass is 10.00. The minimum atomic E-state index is -0.494. The van der Waals surface area contributed by atoms with Crippen LogP contribution in [0.25, 0.3) is 11.1 Å². The molecule has 0 spiro atoms. The highest BCUT2D eigenvalue weighted by Crippen LogP contribution is 2.28. The minimum Gasteiger partial charge on any atom is -0.465 e. The molecule has 0 bridgehead atoms. The Morgan fingerprint density at radius 2 is 1.60 bits per heavy atom. The third-order valence-electron chi connectivity index (χ3n) is 8.04. The molecule has 1 saturated heterocycles. The molecule has 1 amide bonds. The van der Waals surface area contributed by atoms with Crippen molar-refractivity contribution in [3.8, 4) is 11.1 Å². The first-order valence-corrected chi connectivity index (χ1v) is 15.7. The van der Waals surface area contributed by atoms with Crippen LogP contribution in [0.3, 0.4) is 0 Å². The number of carbonyl (C=O) groups is 2. The normalized spacial score (nSPS) is 15.4. The third-order valence-corrected chi connectivity index (χ3v) is 8.04. The molecule has 1 N–H and O–H groups in total. The molecule has 0 saturated carbocycles. The molecule has 1 fully saturated rings. The number of hydrogen-bond acceptors (Lipinski definition) is 6. The van der Waals surface area contributed by atoms with Crippen molar-refractivity contribution in [2.45, 2.75) is 51.5 Å². The molecule has 234 valence electrons. The van der Waals surface area contributed by atoms with E-state index >= 15 is 0 Å². The first-order valence-electron chi connectivity index (χ1n) is 15.7. The number of methoxy groups -OCH3 is 1. The molecular formula is C38H42N2O5. The largest absolute Gasteiger partial charge is 0.465 e. The molecule has 1 unspecified atom stereocenters. The summed E-state index contributed by atoms with van der Waals surface area (Å²) in [4.78, 5) is 26.5. The Hall–Kier alpha value is -4.30. The zero-order valence-corrected chi connectivity index (χ0v) is 26.1. The second-order valence-corrected chi connectivity index (χ2v) is 11.4. The Kier molecular flexibility index (Phi) is 11.5. The monoisotopic (exact) mass is 606 g/mol. The van der Waals surface area contributed by atoms with Gasteiger partial charge in [0, 0.05) is 33.2 Å². The molecule has 2 atom stereocenters. The lowest BCUT2D eigenvalue weighted by molar-refractivity contribution is -0.193. The molecule has 4 aromatic rings. The van der Waals surface area contributed by atoms with Crippen LogP contribution in [-0.2, 0) is 32.0 Å². The predicted molar refractivity (Wildman–Crippen MR) is 177 cm³/mol. The first-order chi connectivity index (χ1) is 22.0. The van der Waals surface area contributed by atoms with E-state index in [4.69, 9.17) is 14.2 Å². The Bertz CT molecular complexity index is 1520. The zero-order valence-electron chi connectivity index (χ0n) is 26.1. The SMILES string of the molecule is COC(=O)c1ccc(-c2ccc(CCN(Cc3ccccc3)C[C@H](OC3CCCCO3)c3ccccc3)cc2)cc1NC(C)=O. The van der Waals surface area contributed by atoms with Gasteiger partial charge in [-0.25, -0.2) is 4.79 Å². The molecular weight excluding hydrogens is 564 g/mol. The fraction of sp³-hybridized carbons (Fsp3) is 0.316. The summed E-state index contributed by atoms with van der Waals surface area (Å²) < 4.78 is 17.5. The van der Waals surface area contributed by atoms with Crippen molar-refractivity contribution >= 4 is 17.6 Å². The van der Waals surface area contributed by atoms with Gasteiger partial charge < -0.3 is 19.5 Å². The van der Waals surface area contributed by atoms with Crippen molar-refractivity contribution in [2.24, 2.45) is 0 Å². The summed E-state index contributed by atoms with van der Waals surface area (Å²) in [6.45, 7) is 4.58. The first kappa shape index (κ1) is 32.1. The summed E-state index contributed by atoms with van der Waals surface area (Å²) in [7, 11) is 1.33. The van der Waals surface area contributed by atoms with Gasteiger partial charge in [-0.2, -0.15) is 0 Å². The van der Waals surface area contributed by atoms with Crippen LogP contribution in [0.15, 0.2) is 103 Å². The molecule has 1 heterocycles. The number of carbonyl (C=O) groups excluding carboxylic acids is 2. The van der Waals surface area contributed by atoms with Gasteiger partial charge in [0.05, 0.1) is 24.5 Å². The highest BCUT2D eigenvalue weighted by Gasteiger charge is 2.24. The average Bonchev–Trinajstić information content (AvgIpc) is 3.08. The summed E-state index contributed by atoms with van der Waals surface area (Å²) in [5.41, 5.74) is 6.29. The number of hydrogen-bond donors (Lipinski definition) is 1. The maximum atomic E-state index is 12.2. The van der Waals surface area contributed by atoms with Crippen LogP contribution in [0.4, 0.5) is 5.69 Å². The van der Waals surface area contributed by atoms with E-state index in [0.29, 0.717) is 11.3 Å². The molecule has 7 nitrogen and oxygen atoms in total. The molecule has 5 rings (SSSR count). The van der Waals surface area contributed by atoms with Crippen molar-refractivity contribution in [3.05, 3.63) is 125 Å². The molecule has 1 aliphatic heterocycles. The maximum Gasteiger partial charge on any atom is 0.339 e. The third kappa shape index (κ3) is 9.35. The van der Waals surface area contributed by atoms with Crippen LogP contribution >= 0.6 is 0 Å². The van der Waals surface area contributed by atoms with Gasteiger partial charge in [0.15, 0.2) is 6.29 Å². The van der Waals surface area contributed by atoms with E-state index in [-0.39, 0.29) is 18.3 Å². The van der Waals surface area contributed by atoms with Crippen LogP contribution in [-0.4, -0.2) is 49.9 Å². The van der Waals surface area contributed by atoms with Gasteiger partial charge in [-0.05, 0) is 65.6 Å². The lowest BCUT2D eigenvalue weighted by Gasteiger charge is -2.32. The quantitative estimate of drug-likeness (QED) is 0.160. The van der Waals surface area contributed by atoms with Crippen molar-refractivity contribution in [3.63, 3.8) is 0 Å². The van der Waals surface area contributed by atoms with Gasteiger partial charge in [-0.1, -0.05) is 91.0 Å². The Morgan fingerprint density at radius 1 is 0.889 bits per heavy atom. The molecule has 0 radical (unpaired) electrons. The number of esters is 1. The van der Waals surface area contributed by atoms with Crippen LogP contribution in [0.1, 0.15) is 59.3 Å². The van der Waals surface area contributed by atoms with Crippen molar-refractivity contribution < 1.29 is 23.8 Å². The number of nitrogens with one attached hydrogen (secondary N) is 1. The lowest BCUT2D eigenvalue weighted by Crippen LogP contribution is -2.34. The predicted octanol–water partition coefficient (Wildman–Crippen LogP) is 7.43. The molecule has 7 heteroatoms. The van der Waals surface area contributed by atoms with Gasteiger partial charge in [-0.3, -0.25) is 9.69 Å². The van der Waals surface area contributed by atoms with Gasteiger partial charge in [0.2, 0.25) is 5.91 Å². The highest BCUT2D eigenvalue weighted by molar-refractivity contribution is 6.01. The second-order valence-electron chi connectivity index (χ2n) is 11.4. The van der Waals surface area contributed by atoms with E-state index in [0.717, 1.165) is 68.6 Å². The summed E-state index contributed by atoms with van der Waals surface area (Å²) in [5.74, 6) is -0.745. The van der Waals surface area contributed by atoms with Gasteiger partial charge in [0.1, 0.15) is 0 Å². The topological polar surface area (TPSA) is 77.1 Å². The van der Waals surface area contributed by atoms with E-state index in [2.05, 4.69) is 83.0 Å². The average molecular weight is 607 g/mol. The van der Waals surface area contributed by atoms with Crippen LogP contribution in [0.2, 0.25) is 0 Å². The number of benzene rings is 4. The number of nitrogens with zero attached hydrogens (tertiary/aromatic N) is 1. The number of anilines is 1. The van der Waals surface area contributed by atoms with Crippen LogP contribution < -0.4 is 5.32 Å². The van der Waals surface area contributed by atoms with E-state index in [1.54, 1.807) is 6.07 Å². The van der Waals surface area contributed by atoms with Gasteiger partial charge in [-0.15, -0.1) is 0 Å². The second kappa shape index (κ2) is 16.1. The summed E-state index contributed by atoms with van der Waals surface area (Å²) in [5, 5.41) is 2.75. The molecule has 1 aliphatic rings. The van der Waals surface area contributed by atoms with Gasteiger partial charge in [0.25, 0.3) is 0 Å². The van der Waals surface area contributed by atoms with Crippen LogP contribution in [0.5, 0.6) is 0 Å². The van der Waals surface area contributed by atoms with Gasteiger partial charge >= 0.3 is 5.97 Å². The standard InChI is InChI=1S/C38H42N2O5/c1-28(41)39-35-25-33(20-21-34(35)38(42)43-2)31-18-16-29(17-19-31)22-23-40(26-30-11-5-3-6-12-30)27-36(32-13-7-4-8-14-32)45-37-15-9-10-24-44-37/h3-8,11-14,16-21,25,36-37H,9-10,15,22-24,26-27H2,1-2H3,(H,39,41)/t36-,37?/m0/s1. The number of amides is 1. The van der Waals surface area contributed by atoms with E-state index < -0.39 is 5.97 Å². The molecule has 0 aliphatic carbocycles. The molecule has 0 aromatic heterocycles. The van der Waals surface area contributed by atoms with Crippen molar-refractivity contribution in [2.75, 3.05) is 32.1 Å². The summed E-state index contributed by atoms with van der Waals surface area (Å²) in [6.07, 6.45) is 3.72. The summed E-state index contributed by atoms with van der Waals surface area (Å²) >= 11 is 0. The van der Waals surface area contributed by atoms with E-state index in [1.807, 2.05) is 24.3 Å². The zero-order chi connectivity index (χ0) is 31.4. The van der Waals surface area contributed by atoms with E-state index in [1.165, 1.54) is 25.2 Å². The smallest absolute Gasteiger partial charge is 0.339 e. The Morgan fingerprint density at radius 3 is 2.27 bits per heavy atom. The number of rotatable bonds is 13. The summed E-state index contributed by atoms with van der Waals surface area (Å²) in [6, 6.07) is 34.8. The minimum absolute atomic E-state index is 0.105. The van der Waals surface area contributed by atoms with E-state index in [9.17, 15) is 9.59 Å². The number of ether oxygens (including phenoxy) is 3.